The largest absolute Gasteiger partial charge is 0.507 e. The third-order valence-electron chi connectivity index (χ3n) is 5.56. The molecule has 3 N–H and O–H groups in total. The summed E-state index contributed by atoms with van der Waals surface area (Å²) in [7, 11) is 1.67. The van der Waals surface area contributed by atoms with E-state index in [-0.39, 0.29) is 17.2 Å². The number of fused-ring (bicyclic) bond motifs is 1. The first kappa shape index (κ1) is 20.2. The second-order valence-corrected chi connectivity index (χ2v) is 7.43. The standard InChI is InChI=1S/C22H26N4O4/c1-3-19(27)21-16-12-17(20(28)13-18(16)23-24-21)22(29)25(2)14-4-6-15(7-5-14)26-8-10-30-11-9-26/h4-7,12-13,19,27-28H,3,8-11H2,1-2H3,(H,23,24). The molecule has 1 unspecified atom stereocenters. The molecule has 1 amide bonds. The monoisotopic (exact) mass is 410 g/mol. The molecule has 1 aliphatic heterocycles. The summed E-state index contributed by atoms with van der Waals surface area (Å²) in [5.74, 6) is -0.475. The highest BCUT2D eigenvalue weighted by Gasteiger charge is 2.22. The molecule has 2 aromatic carbocycles. The van der Waals surface area contributed by atoms with Gasteiger partial charge in [0.1, 0.15) is 5.75 Å². The number of aromatic nitrogens is 2. The van der Waals surface area contributed by atoms with Crippen molar-refractivity contribution in [1.29, 1.82) is 0 Å². The van der Waals surface area contributed by atoms with E-state index < -0.39 is 6.10 Å². The summed E-state index contributed by atoms with van der Waals surface area (Å²) < 4.78 is 5.39. The molecular weight excluding hydrogens is 384 g/mol. The number of amides is 1. The van der Waals surface area contributed by atoms with Gasteiger partial charge in [-0.3, -0.25) is 9.89 Å². The number of anilines is 2. The van der Waals surface area contributed by atoms with E-state index in [1.807, 2.05) is 31.2 Å². The van der Waals surface area contributed by atoms with Crippen LogP contribution in [-0.4, -0.2) is 59.7 Å². The molecule has 30 heavy (non-hydrogen) atoms. The Labute approximate surface area is 174 Å². The van der Waals surface area contributed by atoms with Crippen molar-refractivity contribution in [2.24, 2.45) is 0 Å². The van der Waals surface area contributed by atoms with Gasteiger partial charge in [-0.1, -0.05) is 6.92 Å². The molecule has 8 heteroatoms. The van der Waals surface area contributed by atoms with Gasteiger partial charge in [0.05, 0.1) is 36.1 Å². The van der Waals surface area contributed by atoms with Crippen LogP contribution in [-0.2, 0) is 4.74 Å². The second-order valence-electron chi connectivity index (χ2n) is 7.43. The van der Waals surface area contributed by atoms with E-state index in [0.29, 0.717) is 36.2 Å². The smallest absolute Gasteiger partial charge is 0.261 e. The molecule has 0 saturated carbocycles. The zero-order valence-corrected chi connectivity index (χ0v) is 17.1. The number of hydrogen-bond acceptors (Lipinski definition) is 6. The van der Waals surface area contributed by atoms with Gasteiger partial charge in [0.25, 0.3) is 5.91 Å². The van der Waals surface area contributed by atoms with Crippen molar-refractivity contribution in [3.8, 4) is 5.75 Å². The van der Waals surface area contributed by atoms with Gasteiger partial charge in [-0.05, 0) is 36.8 Å². The maximum absolute atomic E-state index is 13.1. The summed E-state index contributed by atoms with van der Waals surface area (Å²) in [6, 6.07) is 10.8. The van der Waals surface area contributed by atoms with Gasteiger partial charge in [0, 0.05) is 43.0 Å². The average Bonchev–Trinajstić information content (AvgIpc) is 3.20. The summed E-state index contributed by atoms with van der Waals surface area (Å²) in [4.78, 5) is 16.9. The number of hydrogen-bond donors (Lipinski definition) is 3. The van der Waals surface area contributed by atoms with Gasteiger partial charge >= 0.3 is 0 Å². The summed E-state index contributed by atoms with van der Waals surface area (Å²) in [5.41, 5.74) is 3.01. The van der Waals surface area contributed by atoms with E-state index in [4.69, 9.17) is 4.74 Å². The number of aliphatic hydroxyl groups is 1. The molecule has 4 rings (SSSR count). The number of benzene rings is 2. The molecule has 1 fully saturated rings. The molecule has 1 aromatic heterocycles. The van der Waals surface area contributed by atoms with E-state index in [2.05, 4.69) is 15.1 Å². The second kappa shape index (κ2) is 8.33. The Hall–Kier alpha value is -3.10. The molecular formula is C22H26N4O4. The number of phenols is 1. The summed E-state index contributed by atoms with van der Waals surface area (Å²) >= 11 is 0. The number of aromatic hydroxyl groups is 1. The lowest BCUT2D eigenvalue weighted by atomic mass is 10.0. The topological polar surface area (TPSA) is 102 Å². The number of morpholine rings is 1. The number of carbonyl (C=O) groups excluding carboxylic acids is 1. The van der Waals surface area contributed by atoms with Crippen molar-refractivity contribution < 1.29 is 19.7 Å². The molecule has 8 nitrogen and oxygen atoms in total. The highest BCUT2D eigenvalue weighted by molar-refractivity contribution is 6.09. The first-order valence-electron chi connectivity index (χ1n) is 10.1. The highest BCUT2D eigenvalue weighted by atomic mass is 16.5. The number of nitrogens with one attached hydrogen (secondary N) is 1. The lowest BCUT2D eigenvalue weighted by Gasteiger charge is -2.29. The Morgan fingerprint density at radius 1 is 1.27 bits per heavy atom. The first-order chi connectivity index (χ1) is 14.5. The summed E-state index contributed by atoms with van der Waals surface area (Å²) in [6.07, 6.45) is -0.240. The minimum absolute atomic E-state index is 0.134. The van der Waals surface area contributed by atoms with Crippen LogP contribution in [0.2, 0.25) is 0 Å². The van der Waals surface area contributed by atoms with Crippen LogP contribution >= 0.6 is 0 Å². The Morgan fingerprint density at radius 3 is 2.63 bits per heavy atom. The van der Waals surface area contributed by atoms with Crippen LogP contribution in [0.15, 0.2) is 36.4 Å². The predicted octanol–water partition coefficient (Wildman–Crippen LogP) is 2.83. The van der Waals surface area contributed by atoms with Crippen molar-refractivity contribution >= 4 is 28.2 Å². The van der Waals surface area contributed by atoms with Crippen LogP contribution in [0.4, 0.5) is 11.4 Å². The van der Waals surface area contributed by atoms with Crippen LogP contribution < -0.4 is 9.80 Å². The van der Waals surface area contributed by atoms with Gasteiger partial charge in [0.15, 0.2) is 0 Å². The van der Waals surface area contributed by atoms with Crippen molar-refractivity contribution in [3.63, 3.8) is 0 Å². The van der Waals surface area contributed by atoms with Crippen LogP contribution in [0.3, 0.4) is 0 Å². The maximum atomic E-state index is 13.1. The van der Waals surface area contributed by atoms with E-state index in [0.717, 1.165) is 24.5 Å². The molecule has 1 atom stereocenters. The number of aromatic amines is 1. The lowest BCUT2D eigenvalue weighted by Crippen LogP contribution is -2.36. The fourth-order valence-electron chi connectivity index (χ4n) is 3.70. The molecule has 0 aliphatic carbocycles. The predicted molar refractivity (Wildman–Crippen MR) is 115 cm³/mol. The average molecular weight is 410 g/mol. The summed E-state index contributed by atoms with van der Waals surface area (Å²) in [6.45, 7) is 4.97. The Morgan fingerprint density at radius 2 is 1.97 bits per heavy atom. The number of carbonyl (C=O) groups is 1. The molecule has 2 heterocycles. The number of nitrogens with zero attached hydrogens (tertiary/aromatic N) is 3. The number of phenolic OH excluding ortho intramolecular Hbond substituents is 1. The molecule has 3 aromatic rings. The fourth-order valence-corrected chi connectivity index (χ4v) is 3.70. The van der Waals surface area contributed by atoms with Crippen LogP contribution in [0.1, 0.15) is 35.5 Å². The zero-order valence-electron chi connectivity index (χ0n) is 17.1. The summed E-state index contributed by atoms with van der Waals surface area (Å²) in [5, 5.41) is 28.2. The fraction of sp³-hybridized carbons (Fsp3) is 0.364. The Bertz CT molecular complexity index is 1040. The molecule has 1 aliphatic rings. The molecule has 0 spiro atoms. The van der Waals surface area contributed by atoms with Gasteiger partial charge < -0.3 is 24.7 Å². The normalized spacial score (nSPS) is 15.4. The third-order valence-corrected chi connectivity index (χ3v) is 5.56. The van der Waals surface area contributed by atoms with Crippen molar-refractivity contribution in [2.75, 3.05) is 43.2 Å². The maximum Gasteiger partial charge on any atom is 0.261 e. The van der Waals surface area contributed by atoms with Gasteiger partial charge in [-0.25, -0.2) is 0 Å². The first-order valence-corrected chi connectivity index (χ1v) is 10.1. The van der Waals surface area contributed by atoms with E-state index >= 15 is 0 Å². The third kappa shape index (κ3) is 3.71. The van der Waals surface area contributed by atoms with Crippen LogP contribution in [0.25, 0.3) is 10.9 Å². The minimum atomic E-state index is -0.739. The number of H-pyrrole nitrogens is 1. The number of ether oxygens (including phenoxy) is 1. The SMILES string of the molecule is CCC(O)c1n[nH]c2cc(O)c(C(=O)N(C)c3ccc(N4CCOCC4)cc3)cc12. The van der Waals surface area contributed by atoms with Crippen molar-refractivity contribution in [2.45, 2.75) is 19.4 Å². The van der Waals surface area contributed by atoms with E-state index in [1.54, 1.807) is 13.1 Å². The van der Waals surface area contributed by atoms with E-state index in [1.165, 1.54) is 11.0 Å². The van der Waals surface area contributed by atoms with Crippen LogP contribution in [0.5, 0.6) is 5.75 Å². The zero-order chi connectivity index (χ0) is 21.3. The van der Waals surface area contributed by atoms with Crippen LogP contribution in [0, 0.1) is 0 Å². The number of rotatable bonds is 5. The number of aliphatic hydroxyl groups excluding tert-OH is 1. The Kier molecular flexibility index (Phi) is 5.61. The molecule has 158 valence electrons. The van der Waals surface area contributed by atoms with Crippen molar-refractivity contribution in [1.82, 2.24) is 10.2 Å². The van der Waals surface area contributed by atoms with Gasteiger partial charge in [-0.15, -0.1) is 0 Å². The lowest BCUT2D eigenvalue weighted by molar-refractivity contribution is 0.0990. The van der Waals surface area contributed by atoms with Gasteiger partial charge in [-0.2, -0.15) is 5.10 Å². The molecule has 0 bridgehead atoms. The quantitative estimate of drug-likeness (QED) is 0.598. The van der Waals surface area contributed by atoms with Crippen molar-refractivity contribution in [3.05, 3.63) is 47.7 Å². The minimum Gasteiger partial charge on any atom is -0.507 e. The van der Waals surface area contributed by atoms with E-state index in [9.17, 15) is 15.0 Å². The highest BCUT2D eigenvalue weighted by Crippen LogP contribution is 2.31. The molecule has 0 radical (unpaired) electrons. The Balaban J connectivity index is 1.60. The van der Waals surface area contributed by atoms with Gasteiger partial charge in [0.2, 0.25) is 0 Å². The molecule has 1 saturated heterocycles.